The predicted molar refractivity (Wildman–Crippen MR) is 145 cm³/mol. The Morgan fingerprint density at radius 2 is 1.74 bits per heavy atom. The summed E-state index contributed by atoms with van der Waals surface area (Å²) in [5, 5.41) is -0.0305. The van der Waals surface area contributed by atoms with E-state index in [4.69, 9.17) is 4.98 Å². The minimum atomic E-state index is -0.0550. The first kappa shape index (κ1) is 24.8. The number of anilines is 2. The molecule has 0 aliphatic carbocycles. The lowest BCUT2D eigenvalue weighted by atomic mass is 9.31. The molecule has 2 unspecified atom stereocenters. The van der Waals surface area contributed by atoms with Crippen LogP contribution in [0.25, 0.3) is 0 Å². The van der Waals surface area contributed by atoms with Crippen LogP contribution in [0.4, 0.5) is 11.6 Å². The molecule has 0 saturated heterocycles. The molecule has 0 spiro atoms. The van der Waals surface area contributed by atoms with E-state index in [0.29, 0.717) is 0 Å². The number of rotatable bonds is 6. The molecule has 2 aromatic rings. The highest BCUT2D eigenvalue weighted by atomic mass is 15.4. The van der Waals surface area contributed by atoms with Crippen molar-refractivity contribution < 1.29 is 4.57 Å². The zero-order valence-electron chi connectivity index (χ0n) is 22.9. The summed E-state index contributed by atoms with van der Waals surface area (Å²) in [5.74, 6) is 2.42. The van der Waals surface area contributed by atoms with Crippen molar-refractivity contribution >= 4 is 18.6 Å². The maximum atomic E-state index is 5.00. The normalized spacial score (nSPS) is 24.0. The predicted octanol–water partition coefficient (Wildman–Crippen LogP) is 6.95. The first-order valence-corrected chi connectivity index (χ1v) is 13.3. The van der Waals surface area contributed by atoms with Crippen LogP contribution in [0.2, 0.25) is 5.31 Å². The second kappa shape index (κ2) is 8.73. The highest BCUT2D eigenvalue weighted by molar-refractivity contribution is 6.73. The molecule has 0 radical (unpaired) electrons. The van der Waals surface area contributed by atoms with Crippen LogP contribution in [0, 0.1) is 19.3 Å². The Morgan fingerprint density at radius 3 is 2.35 bits per heavy atom. The molecule has 34 heavy (non-hydrogen) atoms. The van der Waals surface area contributed by atoms with Gasteiger partial charge in [0.05, 0.1) is 17.7 Å². The number of aromatic nitrogens is 2. The monoisotopic (exact) mass is 459 g/mol. The molecule has 4 heterocycles. The van der Waals surface area contributed by atoms with Crippen molar-refractivity contribution in [2.24, 2.45) is 5.41 Å². The van der Waals surface area contributed by atoms with Crippen molar-refractivity contribution in [1.82, 2.24) is 4.98 Å². The number of aryl methyl sites for hydroxylation is 2. The molecule has 4 rings (SSSR count). The third kappa shape index (κ3) is 3.26. The van der Waals surface area contributed by atoms with Gasteiger partial charge in [-0.2, -0.15) is 0 Å². The van der Waals surface area contributed by atoms with Crippen molar-refractivity contribution in [3.63, 3.8) is 0 Å². The van der Waals surface area contributed by atoms with E-state index in [1.807, 2.05) is 6.20 Å². The van der Waals surface area contributed by atoms with Gasteiger partial charge in [0.2, 0.25) is 0 Å². The smallest absolute Gasteiger partial charge is 0.331 e. The van der Waals surface area contributed by atoms with Gasteiger partial charge in [0.25, 0.3) is 5.82 Å². The number of fused-ring (bicyclic) bond motifs is 3. The Hall–Kier alpha value is -2.30. The van der Waals surface area contributed by atoms with Crippen molar-refractivity contribution in [1.29, 1.82) is 0 Å². The van der Waals surface area contributed by atoms with Crippen LogP contribution >= 0.6 is 0 Å². The maximum absolute atomic E-state index is 5.00. The molecule has 182 valence electrons. The second-order valence-corrected chi connectivity index (χ2v) is 11.6. The maximum Gasteiger partial charge on any atom is 0.518 e. The van der Waals surface area contributed by atoms with Crippen LogP contribution in [-0.4, -0.2) is 12.0 Å². The highest BCUT2D eigenvalue weighted by Crippen LogP contribution is 2.65. The molecule has 2 atom stereocenters. The van der Waals surface area contributed by atoms with Gasteiger partial charge in [0.1, 0.15) is 11.4 Å². The zero-order chi connectivity index (χ0) is 24.9. The summed E-state index contributed by atoms with van der Waals surface area (Å²) in [6, 6.07) is 6.69. The number of hydrogen-bond acceptors (Lipinski definition) is 3. The molecule has 2 aromatic heterocycles. The van der Waals surface area contributed by atoms with Crippen molar-refractivity contribution in [2.75, 3.05) is 9.62 Å². The minimum absolute atomic E-state index is 0.0305. The summed E-state index contributed by atoms with van der Waals surface area (Å²) in [6.07, 6.45) is 14.6. The summed E-state index contributed by atoms with van der Waals surface area (Å²) >= 11 is 0. The van der Waals surface area contributed by atoms with E-state index in [2.05, 4.69) is 113 Å². The number of pyridine rings is 2. The first-order valence-electron chi connectivity index (χ1n) is 13.3. The molecule has 0 fully saturated rings. The molecule has 2 aliphatic heterocycles. The van der Waals surface area contributed by atoms with Crippen molar-refractivity contribution in [3.8, 4) is 0 Å². The fourth-order valence-electron chi connectivity index (χ4n) is 7.35. The quantitative estimate of drug-likeness (QED) is 0.345. The van der Waals surface area contributed by atoms with Gasteiger partial charge in [0.15, 0.2) is 0 Å². The fourth-order valence-corrected chi connectivity index (χ4v) is 7.35. The van der Waals surface area contributed by atoms with Gasteiger partial charge in [-0.25, -0.2) is 9.55 Å². The lowest BCUT2D eigenvalue weighted by Gasteiger charge is -2.59. The Bertz CT molecular complexity index is 1090. The Labute approximate surface area is 208 Å². The summed E-state index contributed by atoms with van der Waals surface area (Å²) in [6.45, 7) is 21.5. The van der Waals surface area contributed by atoms with Gasteiger partial charge < -0.3 is 4.81 Å². The van der Waals surface area contributed by atoms with Gasteiger partial charge in [-0.05, 0) is 81.2 Å². The molecule has 5 heteroatoms. The fraction of sp³-hybridized carbons (Fsp3) is 0.586. The van der Waals surface area contributed by atoms with E-state index in [0.717, 1.165) is 25.1 Å². The third-order valence-corrected chi connectivity index (χ3v) is 9.17. The molecular weight excluding hydrogens is 415 g/mol. The standard InChI is InChI=1S/C29H44BN4/c1-10-13-16-24-17-18-31-25(23(24)5)33-20-21-34-26-22(4)15-14-19-32(26)28(9,11-2)29(12-3,30(33)34)27(6,7)8/h14-15,17-21H,10-13,16H2,1-9H3/q+1. The summed E-state index contributed by atoms with van der Waals surface area (Å²) < 4.78 is 2.58. The van der Waals surface area contributed by atoms with Crippen LogP contribution < -0.4 is 14.2 Å². The van der Waals surface area contributed by atoms with Crippen LogP contribution in [0.1, 0.15) is 90.8 Å². The molecule has 0 bridgehead atoms. The van der Waals surface area contributed by atoms with Crippen LogP contribution in [0.15, 0.2) is 43.0 Å². The van der Waals surface area contributed by atoms with E-state index in [-0.39, 0.29) is 23.3 Å². The van der Waals surface area contributed by atoms with E-state index in [9.17, 15) is 0 Å². The SMILES string of the molecule is CCCCc1ccnc(N2C=CN3B2C(CC)(C(C)(C)C)C(C)(CC)[n+]2cccc(C)c23)c1C. The Balaban J connectivity index is 2.00. The summed E-state index contributed by atoms with van der Waals surface area (Å²) in [5.41, 5.74) is 4.07. The molecule has 0 aromatic carbocycles. The van der Waals surface area contributed by atoms with Crippen molar-refractivity contribution in [3.05, 3.63) is 59.7 Å². The van der Waals surface area contributed by atoms with E-state index >= 15 is 0 Å². The van der Waals surface area contributed by atoms with Crippen LogP contribution in [0.5, 0.6) is 0 Å². The van der Waals surface area contributed by atoms with Crippen LogP contribution in [-0.2, 0) is 12.0 Å². The third-order valence-electron chi connectivity index (χ3n) is 9.17. The molecule has 2 aliphatic rings. The lowest BCUT2D eigenvalue weighted by molar-refractivity contribution is -0.761. The lowest BCUT2D eigenvalue weighted by Crippen LogP contribution is -2.78. The van der Waals surface area contributed by atoms with E-state index in [1.165, 1.54) is 35.3 Å². The van der Waals surface area contributed by atoms with Crippen LogP contribution in [0.3, 0.4) is 0 Å². The largest absolute Gasteiger partial charge is 0.518 e. The van der Waals surface area contributed by atoms with E-state index in [1.54, 1.807) is 0 Å². The first-order chi connectivity index (χ1) is 16.1. The highest BCUT2D eigenvalue weighted by Gasteiger charge is 2.74. The second-order valence-electron chi connectivity index (χ2n) is 11.6. The molecule has 0 N–H and O–H groups in total. The Morgan fingerprint density at radius 1 is 1.03 bits per heavy atom. The van der Waals surface area contributed by atoms with E-state index < -0.39 is 0 Å². The minimum Gasteiger partial charge on any atom is -0.331 e. The van der Waals surface area contributed by atoms with Gasteiger partial charge >= 0.3 is 6.98 Å². The average molecular weight is 460 g/mol. The number of nitrogens with zero attached hydrogens (tertiary/aromatic N) is 4. The van der Waals surface area contributed by atoms with Crippen molar-refractivity contribution in [2.45, 2.75) is 105 Å². The summed E-state index contributed by atoms with van der Waals surface area (Å²) in [4.78, 5) is 10.0. The molecule has 4 nitrogen and oxygen atoms in total. The molecule has 0 amide bonds. The molecule has 0 saturated carbocycles. The zero-order valence-corrected chi connectivity index (χ0v) is 22.9. The number of unbranched alkanes of at least 4 members (excludes halogenated alkanes) is 1. The molecular formula is C29H44BN4+. The summed E-state index contributed by atoms with van der Waals surface area (Å²) in [7, 11) is 0. The van der Waals surface area contributed by atoms with Gasteiger partial charge in [-0.1, -0.05) is 48.0 Å². The van der Waals surface area contributed by atoms with Gasteiger partial charge in [-0.3, -0.25) is 4.81 Å². The number of hydrogen-bond donors (Lipinski definition) is 0. The Kier molecular flexibility index (Phi) is 6.37. The topological polar surface area (TPSA) is 23.3 Å². The van der Waals surface area contributed by atoms with Gasteiger partial charge in [-0.15, -0.1) is 0 Å². The average Bonchev–Trinajstić information content (AvgIpc) is 3.22. The van der Waals surface area contributed by atoms with Gasteiger partial charge in [0, 0.05) is 18.0 Å².